The number of rotatable bonds is 4. The molecule has 156 valence electrons. The second kappa shape index (κ2) is 7.15. The molecule has 1 saturated heterocycles. The first-order chi connectivity index (χ1) is 14.0. The number of hydrogen-bond donors (Lipinski definition) is 1. The van der Waals surface area contributed by atoms with Gasteiger partial charge in [0.15, 0.2) is 0 Å². The van der Waals surface area contributed by atoms with E-state index in [0.717, 1.165) is 4.90 Å². The summed E-state index contributed by atoms with van der Waals surface area (Å²) >= 11 is 5.92. The molecule has 3 aromatic rings. The van der Waals surface area contributed by atoms with Gasteiger partial charge in [-0.3, -0.25) is 4.79 Å². The Hall–Kier alpha value is -2.82. The van der Waals surface area contributed by atoms with E-state index < -0.39 is 34.9 Å². The van der Waals surface area contributed by atoms with E-state index in [2.05, 4.69) is 5.10 Å². The third kappa shape index (κ3) is 3.93. The molecule has 0 bridgehead atoms. The molecule has 4 rings (SSSR count). The molecule has 1 aliphatic rings. The molecule has 2 heterocycles. The molecule has 0 unspecified atom stereocenters. The molecule has 1 aliphatic heterocycles. The molecule has 30 heavy (non-hydrogen) atoms. The molecule has 1 fully saturated rings. The lowest BCUT2D eigenvalue weighted by Crippen LogP contribution is -2.58. The van der Waals surface area contributed by atoms with Crippen molar-refractivity contribution in [3.63, 3.8) is 0 Å². The van der Waals surface area contributed by atoms with E-state index in [-0.39, 0.29) is 10.6 Å². The highest BCUT2D eigenvalue weighted by Crippen LogP contribution is 2.30. The molecule has 0 saturated carbocycles. The first-order valence-electron chi connectivity index (χ1n) is 8.70. The van der Waals surface area contributed by atoms with E-state index in [0.29, 0.717) is 22.0 Å². The summed E-state index contributed by atoms with van der Waals surface area (Å²) in [5, 5.41) is 10.0. The second-order valence-corrected chi connectivity index (χ2v) is 8.89. The maximum Gasteiger partial charge on any atom is 0.282 e. The molecule has 7 nitrogen and oxygen atoms in total. The van der Waals surface area contributed by atoms with E-state index in [1.54, 1.807) is 24.3 Å². The van der Waals surface area contributed by atoms with Crippen molar-refractivity contribution in [1.29, 1.82) is 0 Å². The number of primary sulfonamides is 1. The molecule has 2 aromatic carbocycles. The molecule has 11 heteroatoms. The van der Waals surface area contributed by atoms with Crippen LogP contribution in [0.15, 0.2) is 59.5 Å². The summed E-state index contributed by atoms with van der Waals surface area (Å²) < 4.78 is 50.7. The van der Waals surface area contributed by atoms with Gasteiger partial charge in [-0.2, -0.15) is 5.10 Å². The van der Waals surface area contributed by atoms with Crippen LogP contribution in [0.4, 0.5) is 8.78 Å². The number of benzene rings is 2. The van der Waals surface area contributed by atoms with Crippen molar-refractivity contribution < 1.29 is 22.0 Å². The van der Waals surface area contributed by atoms with Crippen molar-refractivity contribution in [2.24, 2.45) is 5.14 Å². The molecule has 1 aromatic heterocycles. The predicted molar refractivity (Wildman–Crippen MR) is 106 cm³/mol. The van der Waals surface area contributed by atoms with E-state index >= 15 is 0 Å². The number of nitrogens with zero attached hydrogens (tertiary/aromatic N) is 3. The van der Waals surface area contributed by atoms with Crippen molar-refractivity contribution in [3.05, 3.63) is 65.3 Å². The van der Waals surface area contributed by atoms with Gasteiger partial charge < -0.3 is 4.90 Å². The molecular weight excluding hydrogens is 438 g/mol. The van der Waals surface area contributed by atoms with Crippen LogP contribution in [0.3, 0.4) is 0 Å². The smallest absolute Gasteiger partial charge is 0.282 e. The van der Waals surface area contributed by atoms with Crippen molar-refractivity contribution >= 4 is 27.5 Å². The number of aromatic nitrogens is 2. The summed E-state index contributed by atoms with van der Waals surface area (Å²) in [6.07, 6.45) is 0. The van der Waals surface area contributed by atoms with Crippen LogP contribution in [0.2, 0.25) is 5.02 Å². The maximum absolute atomic E-state index is 13.2. The van der Waals surface area contributed by atoms with Gasteiger partial charge in [0, 0.05) is 10.6 Å². The van der Waals surface area contributed by atoms with Crippen molar-refractivity contribution in [2.75, 3.05) is 13.1 Å². The summed E-state index contributed by atoms with van der Waals surface area (Å²) in [4.78, 5) is 13.8. The van der Waals surface area contributed by atoms with Crippen LogP contribution in [-0.2, 0) is 10.0 Å². The van der Waals surface area contributed by atoms with Gasteiger partial charge in [-0.1, -0.05) is 23.7 Å². The summed E-state index contributed by atoms with van der Waals surface area (Å²) in [6.45, 7) is -1.31. The van der Waals surface area contributed by atoms with Gasteiger partial charge in [0.05, 0.1) is 29.4 Å². The highest BCUT2D eigenvalue weighted by molar-refractivity contribution is 7.89. The van der Waals surface area contributed by atoms with Crippen LogP contribution in [-0.4, -0.2) is 48.0 Å². The first kappa shape index (κ1) is 20.5. The highest BCUT2D eigenvalue weighted by atomic mass is 35.5. The standard InChI is InChI=1S/C19H15ClF2N4O3S/c20-13-3-5-14(6-4-13)26-17(18(27)25-10-19(21,22)11-25)9-16(24-26)12-1-7-15(8-2-12)30(23,28)29/h1-9H,10-11H2,(H2,23,28,29). The zero-order valence-corrected chi connectivity index (χ0v) is 16.9. The Balaban J connectivity index is 1.76. The molecule has 1 amide bonds. The summed E-state index contributed by atoms with van der Waals surface area (Å²) in [5.74, 6) is -3.48. The Morgan fingerprint density at radius 2 is 1.67 bits per heavy atom. The number of amides is 1. The Morgan fingerprint density at radius 1 is 1.07 bits per heavy atom. The van der Waals surface area contributed by atoms with Gasteiger partial charge in [-0.15, -0.1) is 0 Å². The first-order valence-corrected chi connectivity index (χ1v) is 10.6. The fourth-order valence-electron chi connectivity index (χ4n) is 3.09. The minimum Gasteiger partial charge on any atom is -0.325 e. The fourth-order valence-corrected chi connectivity index (χ4v) is 3.73. The van der Waals surface area contributed by atoms with Crippen LogP contribution in [0, 0.1) is 0 Å². The Kier molecular flexibility index (Phi) is 4.88. The third-order valence-electron chi connectivity index (χ3n) is 4.61. The molecule has 0 spiro atoms. The monoisotopic (exact) mass is 452 g/mol. The highest BCUT2D eigenvalue weighted by Gasteiger charge is 2.47. The van der Waals surface area contributed by atoms with E-state index in [1.807, 2.05) is 0 Å². The maximum atomic E-state index is 13.2. The zero-order valence-electron chi connectivity index (χ0n) is 15.3. The SMILES string of the molecule is NS(=O)(=O)c1ccc(-c2cc(C(=O)N3CC(F)(F)C3)n(-c3ccc(Cl)cc3)n2)cc1. The normalized spacial score (nSPS) is 15.7. The minimum atomic E-state index is -3.85. The topological polar surface area (TPSA) is 98.3 Å². The van der Waals surface area contributed by atoms with Gasteiger partial charge in [0.25, 0.3) is 11.8 Å². The van der Waals surface area contributed by atoms with Crippen molar-refractivity contribution in [3.8, 4) is 16.9 Å². The van der Waals surface area contributed by atoms with Gasteiger partial charge >= 0.3 is 0 Å². The summed E-state index contributed by atoms with van der Waals surface area (Å²) in [5.41, 5.74) is 1.50. The van der Waals surface area contributed by atoms with Crippen LogP contribution in [0.5, 0.6) is 0 Å². The van der Waals surface area contributed by atoms with Gasteiger partial charge in [0.2, 0.25) is 10.0 Å². The van der Waals surface area contributed by atoms with Crippen molar-refractivity contribution in [2.45, 2.75) is 10.8 Å². The average Bonchev–Trinajstić information content (AvgIpc) is 3.11. The zero-order chi connectivity index (χ0) is 21.7. The minimum absolute atomic E-state index is 0.0671. The van der Waals surface area contributed by atoms with E-state index in [9.17, 15) is 22.0 Å². The lowest BCUT2D eigenvalue weighted by molar-refractivity contribution is -0.113. The Bertz CT molecular complexity index is 1220. The van der Waals surface area contributed by atoms with Crippen LogP contribution in [0.25, 0.3) is 16.9 Å². The lowest BCUT2D eigenvalue weighted by atomic mass is 10.1. The number of hydrogen-bond acceptors (Lipinski definition) is 4. The number of carbonyl (C=O) groups excluding carboxylic acids is 1. The van der Waals surface area contributed by atoms with Gasteiger partial charge in [-0.25, -0.2) is 27.0 Å². The Morgan fingerprint density at radius 3 is 2.20 bits per heavy atom. The predicted octanol–water partition coefficient (Wildman–Crippen LogP) is 2.93. The van der Waals surface area contributed by atoms with Gasteiger partial charge in [0.1, 0.15) is 5.69 Å². The molecule has 0 atom stereocenters. The summed E-state index contributed by atoms with van der Waals surface area (Å²) in [6, 6.07) is 13.6. The summed E-state index contributed by atoms with van der Waals surface area (Å²) in [7, 11) is -3.85. The molecule has 2 N–H and O–H groups in total. The number of nitrogens with two attached hydrogens (primary N) is 1. The van der Waals surface area contributed by atoms with Crippen LogP contribution < -0.4 is 5.14 Å². The third-order valence-corrected chi connectivity index (χ3v) is 5.79. The number of alkyl halides is 2. The molecular formula is C19H15ClF2N4O3S. The number of likely N-dealkylation sites (tertiary alicyclic amines) is 1. The van der Waals surface area contributed by atoms with E-state index in [1.165, 1.54) is 35.0 Å². The van der Waals surface area contributed by atoms with Gasteiger partial charge in [-0.05, 0) is 42.5 Å². The second-order valence-electron chi connectivity index (χ2n) is 6.89. The quantitative estimate of drug-likeness (QED) is 0.658. The Labute approximate surface area is 175 Å². The van der Waals surface area contributed by atoms with E-state index in [4.69, 9.17) is 16.7 Å². The molecule has 0 radical (unpaired) electrons. The molecule has 0 aliphatic carbocycles. The van der Waals surface area contributed by atoms with Crippen LogP contribution >= 0.6 is 11.6 Å². The average molecular weight is 453 g/mol. The number of halogens is 3. The van der Waals surface area contributed by atoms with Crippen LogP contribution in [0.1, 0.15) is 10.5 Å². The lowest BCUT2D eigenvalue weighted by Gasteiger charge is -2.38. The fraction of sp³-hybridized carbons (Fsp3) is 0.158. The number of sulfonamides is 1. The largest absolute Gasteiger partial charge is 0.325 e. The number of carbonyl (C=O) groups is 1. The van der Waals surface area contributed by atoms with Crippen molar-refractivity contribution in [1.82, 2.24) is 14.7 Å².